The van der Waals surface area contributed by atoms with E-state index in [1.165, 1.54) is 4.31 Å². The van der Waals surface area contributed by atoms with E-state index in [9.17, 15) is 13.2 Å². The summed E-state index contributed by atoms with van der Waals surface area (Å²) in [6.07, 6.45) is 3.16. The number of aryl methyl sites for hydroxylation is 1. The van der Waals surface area contributed by atoms with Gasteiger partial charge in [0, 0.05) is 6.54 Å². The first-order valence-corrected chi connectivity index (χ1v) is 12.1. The molecular formula is C23H32N2O4S. The van der Waals surface area contributed by atoms with Crippen molar-refractivity contribution in [3.05, 3.63) is 60.2 Å². The molecule has 0 heterocycles. The molecule has 0 unspecified atom stereocenters. The number of nitrogens with zero attached hydrogens (tertiary/aromatic N) is 1. The van der Waals surface area contributed by atoms with E-state index in [0.29, 0.717) is 18.7 Å². The predicted octanol–water partition coefficient (Wildman–Crippen LogP) is 3.77. The summed E-state index contributed by atoms with van der Waals surface area (Å²) in [5.41, 5.74) is 1.63. The van der Waals surface area contributed by atoms with Gasteiger partial charge in [-0.15, -0.1) is 0 Å². The lowest BCUT2D eigenvalue weighted by molar-refractivity contribution is -0.122. The first-order valence-electron chi connectivity index (χ1n) is 10.3. The number of hydrogen-bond acceptors (Lipinski definition) is 4. The minimum atomic E-state index is -3.60. The molecule has 0 saturated heterocycles. The van der Waals surface area contributed by atoms with Gasteiger partial charge in [-0.05, 0) is 62.9 Å². The molecule has 2 rings (SSSR count). The van der Waals surface area contributed by atoms with E-state index >= 15 is 0 Å². The van der Waals surface area contributed by atoms with E-state index in [0.717, 1.165) is 30.4 Å². The monoisotopic (exact) mass is 432 g/mol. The van der Waals surface area contributed by atoms with Crippen molar-refractivity contribution in [3.8, 4) is 5.75 Å². The fraction of sp³-hybridized carbons (Fsp3) is 0.435. The Bertz CT molecular complexity index is 914. The maximum absolute atomic E-state index is 12.8. The van der Waals surface area contributed by atoms with Crippen LogP contribution in [0, 0.1) is 0 Å². The summed E-state index contributed by atoms with van der Waals surface area (Å²) in [6.45, 7) is 6.26. The summed E-state index contributed by atoms with van der Waals surface area (Å²) in [5.74, 6) is 0.549. The van der Waals surface area contributed by atoms with Gasteiger partial charge in [-0.2, -0.15) is 0 Å². The van der Waals surface area contributed by atoms with Crippen molar-refractivity contribution in [2.24, 2.45) is 0 Å². The number of sulfonamides is 1. The number of carbonyl (C=O) groups excluding carboxylic acids is 1. The number of carbonyl (C=O) groups is 1. The number of anilines is 1. The van der Waals surface area contributed by atoms with Gasteiger partial charge in [-0.3, -0.25) is 9.10 Å². The van der Waals surface area contributed by atoms with Gasteiger partial charge in [0.1, 0.15) is 11.8 Å². The van der Waals surface area contributed by atoms with E-state index in [4.69, 9.17) is 4.74 Å². The van der Waals surface area contributed by atoms with Crippen LogP contribution in [-0.4, -0.2) is 39.3 Å². The number of amides is 1. The quantitative estimate of drug-likeness (QED) is 0.549. The molecule has 0 spiro atoms. The summed E-state index contributed by atoms with van der Waals surface area (Å²) >= 11 is 0. The largest absolute Gasteiger partial charge is 0.491 e. The van der Waals surface area contributed by atoms with Crippen molar-refractivity contribution >= 4 is 21.6 Å². The number of nitrogens with one attached hydrogen (secondary N) is 1. The van der Waals surface area contributed by atoms with E-state index in [1.807, 2.05) is 51.1 Å². The highest BCUT2D eigenvalue weighted by Crippen LogP contribution is 2.22. The fourth-order valence-electron chi connectivity index (χ4n) is 3.30. The van der Waals surface area contributed by atoms with Gasteiger partial charge >= 0.3 is 0 Å². The first-order chi connectivity index (χ1) is 14.2. The summed E-state index contributed by atoms with van der Waals surface area (Å²) < 4.78 is 31.7. The molecule has 7 heteroatoms. The lowest BCUT2D eigenvalue weighted by Crippen LogP contribution is -2.49. The van der Waals surface area contributed by atoms with Crippen LogP contribution < -0.4 is 14.4 Å². The van der Waals surface area contributed by atoms with Crippen molar-refractivity contribution in [2.45, 2.75) is 52.2 Å². The average molecular weight is 433 g/mol. The minimum absolute atomic E-state index is 0.118. The van der Waals surface area contributed by atoms with Crippen LogP contribution in [0.5, 0.6) is 5.75 Å². The average Bonchev–Trinajstić information content (AvgIpc) is 2.68. The summed E-state index contributed by atoms with van der Waals surface area (Å²) in [7, 11) is -3.60. The molecule has 0 aliphatic carbocycles. The third-order valence-electron chi connectivity index (χ3n) is 4.55. The predicted molar refractivity (Wildman–Crippen MR) is 121 cm³/mol. The van der Waals surface area contributed by atoms with E-state index < -0.39 is 16.1 Å². The van der Waals surface area contributed by atoms with Crippen LogP contribution in [0.4, 0.5) is 5.69 Å². The number of ether oxygens (including phenoxy) is 1. The van der Waals surface area contributed by atoms with Gasteiger partial charge in [0.15, 0.2) is 0 Å². The zero-order valence-electron chi connectivity index (χ0n) is 18.2. The Labute approximate surface area is 180 Å². The van der Waals surface area contributed by atoms with E-state index in [-0.39, 0.29) is 12.0 Å². The van der Waals surface area contributed by atoms with Gasteiger partial charge in [0.05, 0.1) is 18.0 Å². The minimum Gasteiger partial charge on any atom is -0.491 e. The zero-order chi connectivity index (χ0) is 22.1. The molecule has 164 valence electrons. The molecule has 0 saturated carbocycles. The molecule has 0 aliphatic rings. The standard InChI is InChI=1S/C23H32N2O4S/c1-5-22(25(30(4,27)28)20-13-7-6-8-14-20)23(26)24-16-10-12-19-11-9-15-21(17-19)29-18(2)3/h6-9,11,13-15,17-18,22H,5,10,12,16H2,1-4H3,(H,24,26)/t22-/m1/s1. The number of rotatable bonds is 11. The molecule has 2 aromatic carbocycles. The second kappa shape index (κ2) is 11.0. The van der Waals surface area contributed by atoms with Crippen molar-refractivity contribution in [3.63, 3.8) is 0 Å². The van der Waals surface area contributed by atoms with Gasteiger partial charge in [0.2, 0.25) is 15.9 Å². The van der Waals surface area contributed by atoms with E-state index in [2.05, 4.69) is 5.32 Å². The van der Waals surface area contributed by atoms with Crippen molar-refractivity contribution in [1.82, 2.24) is 5.32 Å². The highest BCUT2D eigenvalue weighted by Gasteiger charge is 2.31. The highest BCUT2D eigenvalue weighted by atomic mass is 32.2. The van der Waals surface area contributed by atoms with Crippen LogP contribution in [0.1, 0.15) is 39.2 Å². The van der Waals surface area contributed by atoms with Crippen molar-refractivity contribution < 1.29 is 17.9 Å². The van der Waals surface area contributed by atoms with Crippen molar-refractivity contribution in [1.29, 1.82) is 0 Å². The fourth-order valence-corrected chi connectivity index (χ4v) is 4.52. The Morgan fingerprint density at radius 3 is 2.40 bits per heavy atom. The second-order valence-corrected chi connectivity index (χ2v) is 9.39. The van der Waals surface area contributed by atoms with Gasteiger partial charge in [-0.25, -0.2) is 8.42 Å². The summed E-state index contributed by atoms with van der Waals surface area (Å²) in [5, 5.41) is 2.90. The topological polar surface area (TPSA) is 75.7 Å². The van der Waals surface area contributed by atoms with Crippen LogP contribution in [0.2, 0.25) is 0 Å². The van der Waals surface area contributed by atoms with Gasteiger partial charge in [0.25, 0.3) is 0 Å². The Balaban J connectivity index is 1.97. The highest BCUT2D eigenvalue weighted by molar-refractivity contribution is 7.92. The van der Waals surface area contributed by atoms with Crippen LogP contribution in [0.15, 0.2) is 54.6 Å². The molecule has 0 radical (unpaired) electrons. The molecule has 1 amide bonds. The van der Waals surface area contributed by atoms with Crippen LogP contribution in [0.25, 0.3) is 0 Å². The third-order valence-corrected chi connectivity index (χ3v) is 5.73. The maximum atomic E-state index is 12.8. The Morgan fingerprint density at radius 1 is 1.10 bits per heavy atom. The third kappa shape index (κ3) is 7.06. The Kier molecular flexibility index (Phi) is 8.72. The molecule has 1 atom stereocenters. The smallest absolute Gasteiger partial charge is 0.243 e. The maximum Gasteiger partial charge on any atom is 0.243 e. The molecule has 1 N–H and O–H groups in total. The van der Waals surface area contributed by atoms with Crippen LogP contribution >= 0.6 is 0 Å². The first kappa shape index (κ1) is 23.7. The molecule has 6 nitrogen and oxygen atoms in total. The summed E-state index contributed by atoms with van der Waals surface area (Å²) in [4.78, 5) is 12.8. The Hall–Kier alpha value is -2.54. The Morgan fingerprint density at radius 2 is 1.80 bits per heavy atom. The van der Waals surface area contributed by atoms with Gasteiger partial charge < -0.3 is 10.1 Å². The lowest BCUT2D eigenvalue weighted by atomic mass is 10.1. The molecule has 0 fully saturated rings. The molecule has 30 heavy (non-hydrogen) atoms. The number of benzene rings is 2. The second-order valence-electron chi connectivity index (χ2n) is 7.53. The molecule has 2 aromatic rings. The van der Waals surface area contributed by atoms with E-state index in [1.54, 1.807) is 24.3 Å². The SMILES string of the molecule is CC[C@H](C(=O)NCCCc1cccc(OC(C)C)c1)N(c1ccccc1)S(C)(=O)=O. The van der Waals surface area contributed by atoms with Gasteiger partial charge in [-0.1, -0.05) is 37.3 Å². The molecule has 0 bridgehead atoms. The lowest BCUT2D eigenvalue weighted by Gasteiger charge is -2.30. The number of hydrogen-bond donors (Lipinski definition) is 1. The van der Waals surface area contributed by atoms with Crippen molar-refractivity contribution in [2.75, 3.05) is 17.1 Å². The molecular weight excluding hydrogens is 400 g/mol. The number of para-hydroxylation sites is 1. The zero-order valence-corrected chi connectivity index (χ0v) is 19.0. The normalized spacial score (nSPS) is 12.4. The van der Waals surface area contributed by atoms with Crippen LogP contribution in [0.3, 0.4) is 0 Å². The summed E-state index contributed by atoms with van der Waals surface area (Å²) in [6, 6.07) is 15.9. The van der Waals surface area contributed by atoms with Crippen LogP contribution in [-0.2, 0) is 21.2 Å². The molecule has 0 aromatic heterocycles. The molecule has 0 aliphatic heterocycles.